The molecule has 1 aliphatic heterocycles. The van der Waals surface area contributed by atoms with Crippen molar-refractivity contribution in [2.45, 2.75) is 51.4 Å². The fourth-order valence-electron chi connectivity index (χ4n) is 2.80. The van der Waals surface area contributed by atoms with Gasteiger partial charge in [-0.3, -0.25) is 24.2 Å². The van der Waals surface area contributed by atoms with Gasteiger partial charge in [0, 0.05) is 33.2 Å². The number of pyridine rings is 1. The van der Waals surface area contributed by atoms with Crippen LogP contribution in [0.2, 0.25) is 0 Å². The molecular formula is C18H22N2O9. The van der Waals surface area contributed by atoms with E-state index in [4.69, 9.17) is 18.9 Å². The summed E-state index contributed by atoms with van der Waals surface area (Å²) >= 11 is 0. The molecule has 1 aromatic rings. The second-order valence-corrected chi connectivity index (χ2v) is 6.26. The Morgan fingerprint density at radius 1 is 1.10 bits per heavy atom. The summed E-state index contributed by atoms with van der Waals surface area (Å²) in [5.41, 5.74) is 0.187. The minimum atomic E-state index is -1.65. The van der Waals surface area contributed by atoms with E-state index in [1.165, 1.54) is 25.4 Å². The molecule has 0 aromatic carbocycles. The van der Waals surface area contributed by atoms with Crippen molar-refractivity contribution in [1.29, 1.82) is 0 Å². The van der Waals surface area contributed by atoms with Gasteiger partial charge in [-0.1, -0.05) is 0 Å². The zero-order valence-corrected chi connectivity index (χ0v) is 16.1. The van der Waals surface area contributed by atoms with Crippen LogP contribution in [-0.4, -0.2) is 71.2 Å². The fraction of sp³-hybridized carbons (Fsp3) is 0.500. The number of carbonyl (C=O) groups is 4. The number of amides is 1. The Morgan fingerprint density at radius 3 is 2.31 bits per heavy atom. The summed E-state index contributed by atoms with van der Waals surface area (Å²) in [5.74, 6) is -2.71. The largest absolute Gasteiger partial charge is 0.463 e. The number of aliphatic hydroxyl groups is 1. The molecule has 0 spiro atoms. The molecule has 0 unspecified atom stereocenters. The van der Waals surface area contributed by atoms with Gasteiger partial charge < -0.3 is 29.4 Å². The number of aromatic nitrogens is 1. The molecule has 2 heterocycles. The lowest BCUT2D eigenvalue weighted by Crippen LogP contribution is -2.66. The lowest BCUT2D eigenvalue weighted by molar-refractivity contribution is -0.263. The molecule has 1 fully saturated rings. The molecule has 11 heteroatoms. The topological polar surface area (TPSA) is 150 Å². The van der Waals surface area contributed by atoms with Gasteiger partial charge in [0.15, 0.2) is 18.5 Å². The molecule has 11 nitrogen and oxygen atoms in total. The quantitative estimate of drug-likeness (QED) is 0.456. The van der Waals surface area contributed by atoms with Crippen LogP contribution in [-0.2, 0) is 33.3 Å². The van der Waals surface area contributed by atoms with Gasteiger partial charge in [-0.05, 0) is 12.1 Å². The van der Waals surface area contributed by atoms with Crippen LogP contribution in [0.5, 0.6) is 0 Å². The first kappa shape index (κ1) is 22.2. The van der Waals surface area contributed by atoms with Crippen molar-refractivity contribution >= 4 is 23.8 Å². The van der Waals surface area contributed by atoms with Crippen molar-refractivity contribution in [3.05, 3.63) is 30.1 Å². The lowest BCUT2D eigenvalue weighted by Gasteiger charge is -2.43. The van der Waals surface area contributed by atoms with Crippen molar-refractivity contribution in [2.75, 3.05) is 6.61 Å². The molecule has 2 N–H and O–H groups in total. The van der Waals surface area contributed by atoms with Gasteiger partial charge >= 0.3 is 17.9 Å². The highest BCUT2D eigenvalue weighted by atomic mass is 16.7. The summed E-state index contributed by atoms with van der Waals surface area (Å²) in [7, 11) is 0. The maximum absolute atomic E-state index is 12.5. The van der Waals surface area contributed by atoms with Gasteiger partial charge in [-0.25, -0.2) is 0 Å². The molecule has 0 aliphatic carbocycles. The van der Waals surface area contributed by atoms with Crippen molar-refractivity contribution in [1.82, 2.24) is 10.3 Å². The number of rotatable bonds is 6. The highest BCUT2D eigenvalue weighted by Gasteiger charge is 2.50. The van der Waals surface area contributed by atoms with Gasteiger partial charge in [0.25, 0.3) is 5.91 Å². The fourth-order valence-corrected chi connectivity index (χ4v) is 2.80. The SMILES string of the molecule is CC(=O)OC[C@@H]1O[C@H](O)[C@H](NC(=O)c2cccnc2)[C@H](OC(C)=O)[C@H]1OC(C)=O. The summed E-state index contributed by atoms with van der Waals surface area (Å²) in [6, 6.07) is 1.76. The summed E-state index contributed by atoms with van der Waals surface area (Å²) < 4.78 is 20.7. The molecule has 158 valence electrons. The second kappa shape index (κ2) is 9.94. The van der Waals surface area contributed by atoms with Gasteiger partial charge in [-0.15, -0.1) is 0 Å². The molecule has 29 heavy (non-hydrogen) atoms. The molecule has 0 saturated carbocycles. The minimum absolute atomic E-state index is 0.187. The van der Waals surface area contributed by atoms with Crippen molar-refractivity contribution in [3.8, 4) is 0 Å². The number of hydrogen-bond donors (Lipinski definition) is 2. The molecule has 0 radical (unpaired) electrons. The molecule has 1 saturated heterocycles. The number of carbonyl (C=O) groups excluding carboxylic acids is 4. The maximum Gasteiger partial charge on any atom is 0.303 e. The van der Waals surface area contributed by atoms with Crippen molar-refractivity contribution in [2.24, 2.45) is 0 Å². The lowest BCUT2D eigenvalue weighted by atomic mass is 9.96. The highest BCUT2D eigenvalue weighted by molar-refractivity contribution is 5.94. The molecular weight excluding hydrogens is 388 g/mol. The zero-order chi connectivity index (χ0) is 21.6. The van der Waals surface area contributed by atoms with Gasteiger partial charge in [0.2, 0.25) is 0 Å². The molecule has 1 amide bonds. The number of esters is 3. The Bertz CT molecular complexity index is 755. The molecule has 5 atom stereocenters. The Morgan fingerprint density at radius 2 is 1.76 bits per heavy atom. The monoisotopic (exact) mass is 410 g/mol. The van der Waals surface area contributed by atoms with Crippen molar-refractivity contribution in [3.63, 3.8) is 0 Å². The summed E-state index contributed by atoms with van der Waals surface area (Å²) in [6.07, 6.45) is -2.55. The van der Waals surface area contributed by atoms with Gasteiger partial charge in [0.05, 0.1) is 5.56 Å². The number of aliphatic hydroxyl groups excluding tert-OH is 1. The third-order valence-electron chi connectivity index (χ3n) is 3.94. The number of nitrogens with zero attached hydrogens (tertiary/aromatic N) is 1. The maximum atomic E-state index is 12.5. The van der Waals surface area contributed by atoms with Crippen LogP contribution >= 0.6 is 0 Å². The Hall–Kier alpha value is -3.05. The number of nitrogens with one attached hydrogen (secondary N) is 1. The Balaban J connectivity index is 2.30. The average molecular weight is 410 g/mol. The highest BCUT2D eigenvalue weighted by Crippen LogP contribution is 2.26. The molecule has 2 rings (SSSR count). The van der Waals surface area contributed by atoms with E-state index in [1.54, 1.807) is 6.07 Å². The van der Waals surface area contributed by atoms with Crippen molar-refractivity contribution < 1.29 is 43.2 Å². The normalized spacial score (nSPS) is 26.1. The van der Waals surface area contributed by atoms with Crippen LogP contribution in [0.15, 0.2) is 24.5 Å². The van der Waals surface area contributed by atoms with Crippen LogP contribution in [0.25, 0.3) is 0 Å². The van der Waals surface area contributed by atoms with E-state index >= 15 is 0 Å². The van der Waals surface area contributed by atoms with Gasteiger partial charge in [0.1, 0.15) is 18.8 Å². The average Bonchev–Trinajstić information content (AvgIpc) is 2.65. The van der Waals surface area contributed by atoms with E-state index in [9.17, 15) is 24.3 Å². The first-order valence-corrected chi connectivity index (χ1v) is 8.71. The standard InChI is InChI=1S/C18H22N2O9/c1-9(21)26-8-13-15(27-10(2)22)16(28-11(3)23)14(18(25)29-13)20-17(24)12-5-4-6-19-7-12/h4-7,13-16,18,25H,8H2,1-3H3,(H,20,24)/t13-,14+,15-,16-,18-/m0/s1. The Labute approximate surface area is 166 Å². The predicted octanol–water partition coefficient (Wildman–Crippen LogP) is -0.676. The van der Waals surface area contributed by atoms with Crippen LogP contribution in [0, 0.1) is 0 Å². The minimum Gasteiger partial charge on any atom is -0.463 e. The van der Waals surface area contributed by atoms with Crippen LogP contribution in [0.1, 0.15) is 31.1 Å². The summed E-state index contributed by atoms with van der Waals surface area (Å²) in [4.78, 5) is 50.6. The van der Waals surface area contributed by atoms with E-state index in [2.05, 4.69) is 10.3 Å². The first-order valence-electron chi connectivity index (χ1n) is 8.71. The summed E-state index contributed by atoms with van der Waals surface area (Å²) in [6.45, 7) is 3.04. The third-order valence-corrected chi connectivity index (χ3v) is 3.94. The second-order valence-electron chi connectivity index (χ2n) is 6.26. The number of hydrogen-bond acceptors (Lipinski definition) is 10. The van der Waals surface area contributed by atoms with Crippen LogP contribution in [0.3, 0.4) is 0 Å². The first-order chi connectivity index (χ1) is 13.7. The number of ether oxygens (including phenoxy) is 4. The van der Waals surface area contributed by atoms with Crippen LogP contribution < -0.4 is 5.32 Å². The Kier molecular flexibility index (Phi) is 7.62. The van der Waals surface area contributed by atoms with E-state index in [0.717, 1.165) is 13.8 Å². The predicted molar refractivity (Wildman–Crippen MR) is 94.1 cm³/mol. The third kappa shape index (κ3) is 6.22. The van der Waals surface area contributed by atoms with E-state index in [-0.39, 0.29) is 12.2 Å². The van der Waals surface area contributed by atoms with E-state index in [0.29, 0.717) is 0 Å². The smallest absolute Gasteiger partial charge is 0.303 e. The van der Waals surface area contributed by atoms with Crippen LogP contribution in [0.4, 0.5) is 0 Å². The van der Waals surface area contributed by atoms with Gasteiger partial charge in [-0.2, -0.15) is 0 Å². The molecule has 0 bridgehead atoms. The summed E-state index contributed by atoms with van der Waals surface area (Å²) in [5, 5.41) is 12.9. The molecule has 1 aromatic heterocycles. The van der Waals surface area contributed by atoms with E-state index < -0.39 is 54.5 Å². The zero-order valence-electron chi connectivity index (χ0n) is 16.1. The van der Waals surface area contributed by atoms with E-state index in [1.807, 2.05) is 0 Å². The molecule has 1 aliphatic rings.